The van der Waals surface area contributed by atoms with Crippen LogP contribution in [0.15, 0.2) is 6.33 Å². The number of hydrogen-bond donors (Lipinski definition) is 2. The molecule has 3 heterocycles. The van der Waals surface area contributed by atoms with Gasteiger partial charge in [0.25, 0.3) is 10.2 Å². The SMILES string of the molecule is CN(C)[C@H]1CC[C@H](Oc2ncnc3sc4c(c23)CN(S(=O)(=O)NCCO)CC4)CC1. The van der Waals surface area contributed by atoms with Crippen LogP contribution in [-0.4, -0.2) is 78.6 Å². The van der Waals surface area contributed by atoms with Gasteiger partial charge in [-0.15, -0.1) is 11.3 Å². The first-order valence-electron chi connectivity index (χ1n) is 10.3. The van der Waals surface area contributed by atoms with Gasteiger partial charge in [0.1, 0.15) is 17.3 Å². The van der Waals surface area contributed by atoms with Crippen molar-refractivity contribution in [1.29, 1.82) is 0 Å². The van der Waals surface area contributed by atoms with Gasteiger partial charge in [-0.05, 0) is 51.8 Å². The normalized spacial score (nSPS) is 23.1. The van der Waals surface area contributed by atoms with Crippen LogP contribution < -0.4 is 9.46 Å². The minimum absolute atomic E-state index is 0.00314. The first-order chi connectivity index (χ1) is 14.4. The minimum atomic E-state index is -3.65. The van der Waals surface area contributed by atoms with Crippen molar-refractivity contribution in [3.8, 4) is 5.88 Å². The second-order valence-electron chi connectivity index (χ2n) is 8.08. The number of rotatable bonds is 7. The monoisotopic (exact) mass is 455 g/mol. The average Bonchev–Trinajstić information content (AvgIpc) is 3.11. The summed E-state index contributed by atoms with van der Waals surface area (Å²) in [5.74, 6) is 0.563. The van der Waals surface area contributed by atoms with E-state index >= 15 is 0 Å². The first-order valence-corrected chi connectivity index (χ1v) is 12.6. The Kier molecular flexibility index (Phi) is 6.56. The summed E-state index contributed by atoms with van der Waals surface area (Å²) in [5, 5.41) is 9.80. The van der Waals surface area contributed by atoms with E-state index in [1.54, 1.807) is 11.3 Å². The average molecular weight is 456 g/mol. The van der Waals surface area contributed by atoms with Gasteiger partial charge in [-0.25, -0.2) is 9.97 Å². The summed E-state index contributed by atoms with van der Waals surface area (Å²) in [6.45, 7) is 0.427. The van der Waals surface area contributed by atoms with Gasteiger partial charge < -0.3 is 14.7 Å². The summed E-state index contributed by atoms with van der Waals surface area (Å²) >= 11 is 1.59. The van der Waals surface area contributed by atoms with Crippen LogP contribution >= 0.6 is 11.3 Å². The molecule has 0 radical (unpaired) electrons. The lowest BCUT2D eigenvalue weighted by molar-refractivity contribution is 0.108. The lowest BCUT2D eigenvalue weighted by Crippen LogP contribution is -2.43. The lowest BCUT2D eigenvalue weighted by Gasteiger charge is -2.32. The van der Waals surface area contributed by atoms with Crippen LogP contribution in [0.5, 0.6) is 5.88 Å². The lowest BCUT2D eigenvalue weighted by atomic mass is 9.92. The van der Waals surface area contributed by atoms with Gasteiger partial charge in [-0.1, -0.05) is 0 Å². The van der Waals surface area contributed by atoms with E-state index in [9.17, 15) is 8.42 Å². The summed E-state index contributed by atoms with van der Waals surface area (Å²) in [4.78, 5) is 13.1. The predicted octanol–water partition coefficient (Wildman–Crippen LogP) is 1.13. The highest BCUT2D eigenvalue weighted by Gasteiger charge is 2.31. The number of ether oxygens (including phenoxy) is 1. The summed E-state index contributed by atoms with van der Waals surface area (Å²) in [6.07, 6.45) is 6.42. The zero-order valence-electron chi connectivity index (χ0n) is 17.4. The molecule has 2 aromatic rings. The van der Waals surface area contributed by atoms with Crippen molar-refractivity contribution in [2.24, 2.45) is 0 Å². The number of hydrogen-bond acceptors (Lipinski definition) is 8. The molecule has 0 amide bonds. The molecule has 1 aliphatic carbocycles. The highest BCUT2D eigenvalue weighted by Crippen LogP contribution is 2.39. The van der Waals surface area contributed by atoms with Crippen LogP contribution in [0, 0.1) is 0 Å². The molecule has 0 saturated heterocycles. The van der Waals surface area contributed by atoms with E-state index in [2.05, 4.69) is 33.7 Å². The highest BCUT2D eigenvalue weighted by molar-refractivity contribution is 7.87. The Morgan fingerprint density at radius 2 is 2.07 bits per heavy atom. The highest BCUT2D eigenvalue weighted by atomic mass is 32.2. The third-order valence-electron chi connectivity index (χ3n) is 5.95. The van der Waals surface area contributed by atoms with Gasteiger partial charge in [0.05, 0.1) is 12.0 Å². The van der Waals surface area contributed by atoms with E-state index in [0.717, 1.165) is 46.3 Å². The zero-order chi connectivity index (χ0) is 21.3. The van der Waals surface area contributed by atoms with Crippen molar-refractivity contribution < 1.29 is 18.3 Å². The van der Waals surface area contributed by atoms with Crippen molar-refractivity contribution in [2.75, 3.05) is 33.8 Å². The third kappa shape index (κ3) is 4.46. The fourth-order valence-electron chi connectivity index (χ4n) is 4.26. The quantitative estimate of drug-likeness (QED) is 0.644. The van der Waals surface area contributed by atoms with Gasteiger partial charge in [0, 0.05) is 30.6 Å². The Bertz CT molecular complexity index is 986. The van der Waals surface area contributed by atoms with Gasteiger partial charge in [-0.3, -0.25) is 0 Å². The number of aliphatic hydroxyl groups is 1. The standard InChI is InChI=1S/C19H29N5O4S2/c1-23(2)13-3-5-14(6-4-13)28-18-17-15-11-24(30(26,27)22-8-10-25)9-7-16(15)29-19(17)21-12-20-18/h12-14,22,25H,3-11H2,1-2H3/t13-,14-. The topological polar surface area (TPSA) is 108 Å². The summed E-state index contributed by atoms with van der Waals surface area (Å²) in [6, 6.07) is 0.592. The second kappa shape index (κ2) is 9.01. The first kappa shape index (κ1) is 21.8. The smallest absolute Gasteiger partial charge is 0.279 e. The Hall–Kier alpha value is -1.37. The summed E-state index contributed by atoms with van der Waals surface area (Å²) < 4.78 is 35.2. The molecule has 2 aliphatic rings. The van der Waals surface area contributed by atoms with Crippen molar-refractivity contribution in [3.05, 3.63) is 16.8 Å². The van der Waals surface area contributed by atoms with Crippen LogP contribution in [-0.2, 0) is 23.2 Å². The van der Waals surface area contributed by atoms with Gasteiger partial charge in [-0.2, -0.15) is 17.4 Å². The molecule has 0 atom stereocenters. The van der Waals surface area contributed by atoms with E-state index < -0.39 is 10.2 Å². The van der Waals surface area contributed by atoms with E-state index in [1.807, 2.05) is 0 Å². The second-order valence-corrected chi connectivity index (χ2v) is 10.9. The van der Waals surface area contributed by atoms with Gasteiger partial charge >= 0.3 is 0 Å². The third-order valence-corrected chi connectivity index (χ3v) is 8.71. The van der Waals surface area contributed by atoms with Gasteiger partial charge in [0.15, 0.2) is 0 Å². The van der Waals surface area contributed by atoms with Gasteiger partial charge in [0.2, 0.25) is 5.88 Å². The number of aromatic nitrogens is 2. The Balaban J connectivity index is 1.56. The fraction of sp³-hybridized carbons (Fsp3) is 0.684. The number of nitrogens with zero attached hydrogens (tertiary/aromatic N) is 4. The van der Waals surface area contributed by atoms with Crippen molar-refractivity contribution in [3.63, 3.8) is 0 Å². The van der Waals surface area contributed by atoms with Crippen LogP contribution in [0.25, 0.3) is 10.2 Å². The van der Waals surface area contributed by atoms with Crippen LogP contribution in [0.4, 0.5) is 0 Å². The van der Waals surface area contributed by atoms with Crippen LogP contribution in [0.2, 0.25) is 0 Å². The number of fused-ring (bicyclic) bond motifs is 3. The molecule has 30 heavy (non-hydrogen) atoms. The number of nitrogens with one attached hydrogen (secondary N) is 1. The molecule has 1 saturated carbocycles. The van der Waals surface area contributed by atoms with Crippen molar-refractivity contribution in [1.82, 2.24) is 23.9 Å². The van der Waals surface area contributed by atoms with E-state index in [-0.39, 0.29) is 25.8 Å². The molecular formula is C19H29N5O4S2. The molecule has 0 bridgehead atoms. The zero-order valence-corrected chi connectivity index (χ0v) is 19.0. The van der Waals surface area contributed by atoms with E-state index in [0.29, 0.717) is 24.9 Å². The molecule has 1 fully saturated rings. The Morgan fingerprint density at radius 3 is 2.77 bits per heavy atom. The fourth-order valence-corrected chi connectivity index (χ4v) is 6.55. The molecule has 0 unspecified atom stereocenters. The molecule has 2 aromatic heterocycles. The van der Waals surface area contributed by atoms with Crippen molar-refractivity contribution in [2.45, 2.75) is 50.8 Å². The molecule has 166 valence electrons. The summed E-state index contributed by atoms with van der Waals surface area (Å²) in [7, 11) is 0.588. The van der Waals surface area contributed by atoms with Crippen molar-refractivity contribution >= 4 is 31.8 Å². The maximum atomic E-state index is 12.5. The Labute approximate surface area is 181 Å². The molecule has 0 spiro atoms. The van der Waals surface area contributed by atoms with E-state index in [1.165, 1.54) is 10.6 Å². The maximum absolute atomic E-state index is 12.5. The van der Waals surface area contributed by atoms with Crippen LogP contribution in [0.1, 0.15) is 36.1 Å². The molecule has 4 rings (SSSR count). The Morgan fingerprint density at radius 1 is 1.30 bits per heavy atom. The molecule has 2 N–H and O–H groups in total. The largest absolute Gasteiger partial charge is 0.474 e. The van der Waals surface area contributed by atoms with E-state index in [4.69, 9.17) is 9.84 Å². The molecule has 9 nitrogen and oxygen atoms in total. The molecule has 11 heteroatoms. The minimum Gasteiger partial charge on any atom is -0.474 e. The predicted molar refractivity (Wildman–Crippen MR) is 116 cm³/mol. The number of aliphatic hydroxyl groups excluding tert-OH is 1. The maximum Gasteiger partial charge on any atom is 0.279 e. The van der Waals surface area contributed by atoms with Crippen LogP contribution in [0.3, 0.4) is 0 Å². The molecular weight excluding hydrogens is 426 g/mol. The molecule has 1 aliphatic heterocycles. The molecule has 0 aromatic carbocycles. The number of thiophene rings is 1. The summed E-state index contributed by atoms with van der Waals surface area (Å²) in [5.41, 5.74) is 0.938.